The molecule has 0 aliphatic heterocycles. The molecule has 0 saturated carbocycles. The summed E-state index contributed by atoms with van der Waals surface area (Å²) in [6, 6.07) is 17.1. The fraction of sp³-hybridized carbons (Fsp3) is 0.174. The van der Waals surface area contributed by atoms with E-state index < -0.39 is 5.63 Å². The van der Waals surface area contributed by atoms with Crippen molar-refractivity contribution in [2.24, 2.45) is 0 Å². The van der Waals surface area contributed by atoms with Crippen molar-refractivity contribution < 1.29 is 13.9 Å². The Bertz CT molecular complexity index is 1280. The third kappa shape index (κ3) is 5.01. The van der Waals surface area contributed by atoms with Gasteiger partial charge in [-0.25, -0.2) is 9.78 Å². The maximum atomic E-state index is 12.6. The average molecular weight is 546 g/mol. The molecule has 0 bridgehead atoms. The molecule has 0 fully saturated rings. The summed E-state index contributed by atoms with van der Waals surface area (Å²) >= 11 is 3.52. The van der Waals surface area contributed by atoms with E-state index in [2.05, 4.69) is 27.6 Å². The highest BCUT2D eigenvalue weighted by Crippen LogP contribution is 2.28. The van der Waals surface area contributed by atoms with Gasteiger partial charge in [0.25, 0.3) is 0 Å². The number of carbonyl (C=O) groups excluding carboxylic acids is 1. The molecule has 2 aromatic heterocycles. The summed E-state index contributed by atoms with van der Waals surface area (Å²) in [6.07, 6.45) is 2.57. The van der Waals surface area contributed by atoms with Crippen molar-refractivity contribution in [3.63, 3.8) is 0 Å². The summed E-state index contributed by atoms with van der Waals surface area (Å²) < 4.78 is 13.6. The summed E-state index contributed by atoms with van der Waals surface area (Å²) in [6.45, 7) is 2.35. The smallest absolute Gasteiger partial charge is 0.345 e. The number of benzene rings is 2. The lowest BCUT2D eigenvalue weighted by Gasteiger charge is -2.07. The van der Waals surface area contributed by atoms with E-state index in [1.165, 1.54) is 11.8 Å². The van der Waals surface area contributed by atoms with Crippen molar-refractivity contribution in [3.8, 4) is 16.9 Å². The highest BCUT2D eigenvalue weighted by atomic mass is 127. The lowest BCUT2D eigenvalue weighted by molar-refractivity contribution is -0.140. The van der Waals surface area contributed by atoms with Gasteiger partial charge in [-0.05, 0) is 65.4 Å². The van der Waals surface area contributed by atoms with E-state index in [1.807, 2.05) is 54.0 Å². The number of hydrogen-bond donors (Lipinski definition) is 0. The number of aromatic nitrogens is 2. The fourth-order valence-electron chi connectivity index (χ4n) is 3.00. The van der Waals surface area contributed by atoms with Crippen LogP contribution in [0.3, 0.4) is 0 Å². The lowest BCUT2D eigenvalue weighted by atomic mass is 10.1. The molecule has 31 heavy (non-hydrogen) atoms. The molecular formula is C23H19IN2O4S. The number of ether oxygens (including phenoxy) is 1. The Morgan fingerprint density at radius 3 is 2.74 bits per heavy atom. The monoisotopic (exact) mass is 546 g/mol. The Balaban J connectivity index is 1.74. The van der Waals surface area contributed by atoms with Crippen LogP contribution >= 0.6 is 34.4 Å². The van der Waals surface area contributed by atoms with Crippen LogP contribution in [0.5, 0.6) is 0 Å². The molecule has 0 saturated heterocycles. The van der Waals surface area contributed by atoms with Gasteiger partial charge in [0.2, 0.25) is 0 Å². The molecule has 0 radical (unpaired) electrons. The van der Waals surface area contributed by atoms with Gasteiger partial charge < -0.3 is 9.15 Å². The zero-order valence-corrected chi connectivity index (χ0v) is 19.7. The van der Waals surface area contributed by atoms with Crippen LogP contribution in [0.4, 0.5) is 0 Å². The SMILES string of the molecule is CCCOC(=O)CSc1nc(-c2cc3ccccc3oc2=O)cn1-c1ccc(I)cc1. The van der Waals surface area contributed by atoms with Gasteiger partial charge in [0, 0.05) is 20.8 Å². The van der Waals surface area contributed by atoms with E-state index in [-0.39, 0.29) is 11.7 Å². The third-order valence-corrected chi connectivity index (χ3v) is 6.13. The molecule has 158 valence electrons. The second-order valence-corrected chi connectivity index (χ2v) is 8.94. The van der Waals surface area contributed by atoms with Crippen LogP contribution in [0.2, 0.25) is 0 Å². The highest BCUT2D eigenvalue weighted by molar-refractivity contribution is 14.1. The van der Waals surface area contributed by atoms with E-state index in [4.69, 9.17) is 9.15 Å². The Kier molecular flexibility index (Phi) is 6.77. The number of nitrogens with zero attached hydrogens (tertiary/aromatic N) is 2. The molecule has 2 heterocycles. The van der Waals surface area contributed by atoms with Crippen LogP contribution in [0.1, 0.15) is 13.3 Å². The minimum atomic E-state index is -0.454. The number of rotatable bonds is 7. The van der Waals surface area contributed by atoms with Crippen molar-refractivity contribution in [2.75, 3.05) is 12.4 Å². The van der Waals surface area contributed by atoms with Crippen LogP contribution in [0.25, 0.3) is 27.9 Å². The largest absolute Gasteiger partial charge is 0.465 e. The Hall–Kier alpha value is -2.59. The van der Waals surface area contributed by atoms with Crippen molar-refractivity contribution in [2.45, 2.75) is 18.5 Å². The van der Waals surface area contributed by atoms with Gasteiger partial charge in [-0.15, -0.1) is 0 Å². The molecule has 0 aliphatic carbocycles. The minimum Gasteiger partial charge on any atom is -0.465 e. The molecule has 0 unspecified atom stereocenters. The van der Waals surface area contributed by atoms with E-state index in [0.717, 1.165) is 21.1 Å². The van der Waals surface area contributed by atoms with Gasteiger partial charge in [-0.2, -0.15) is 0 Å². The van der Waals surface area contributed by atoms with E-state index in [9.17, 15) is 9.59 Å². The van der Waals surface area contributed by atoms with Gasteiger partial charge in [0.15, 0.2) is 5.16 Å². The maximum absolute atomic E-state index is 12.6. The number of para-hydroxylation sites is 1. The normalized spacial score (nSPS) is 11.0. The standard InChI is InChI=1S/C23H19IN2O4S/c1-2-11-29-21(27)14-31-23-25-19(13-26(23)17-9-7-16(24)8-10-17)18-12-15-5-3-4-6-20(15)30-22(18)28/h3-10,12-13H,2,11,14H2,1H3. The molecule has 8 heteroatoms. The quantitative estimate of drug-likeness (QED) is 0.136. The summed E-state index contributed by atoms with van der Waals surface area (Å²) in [4.78, 5) is 29.3. The predicted molar refractivity (Wildman–Crippen MR) is 130 cm³/mol. The Morgan fingerprint density at radius 2 is 1.97 bits per heavy atom. The minimum absolute atomic E-state index is 0.132. The number of fused-ring (bicyclic) bond motifs is 1. The third-order valence-electron chi connectivity index (χ3n) is 4.48. The molecule has 0 N–H and O–H groups in total. The molecule has 0 atom stereocenters. The molecule has 0 amide bonds. The molecular weight excluding hydrogens is 527 g/mol. The van der Waals surface area contributed by atoms with Gasteiger partial charge >= 0.3 is 11.6 Å². The van der Waals surface area contributed by atoms with Gasteiger partial charge in [-0.3, -0.25) is 9.36 Å². The number of esters is 1. The molecule has 6 nitrogen and oxygen atoms in total. The number of halogens is 1. The first-order valence-electron chi connectivity index (χ1n) is 9.72. The topological polar surface area (TPSA) is 74.3 Å². The van der Waals surface area contributed by atoms with E-state index in [0.29, 0.717) is 28.6 Å². The number of thioether (sulfide) groups is 1. The summed E-state index contributed by atoms with van der Waals surface area (Å²) in [5.74, 6) is -0.163. The van der Waals surface area contributed by atoms with Crippen LogP contribution in [0, 0.1) is 3.57 Å². The van der Waals surface area contributed by atoms with Crippen molar-refractivity contribution in [3.05, 3.63) is 74.8 Å². The van der Waals surface area contributed by atoms with Crippen LogP contribution in [0.15, 0.2) is 75.2 Å². The molecule has 4 aromatic rings. The first-order chi connectivity index (χ1) is 15.0. The van der Waals surface area contributed by atoms with Gasteiger partial charge in [0.1, 0.15) is 5.58 Å². The first kappa shape index (κ1) is 21.6. The Morgan fingerprint density at radius 1 is 1.19 bits per heavy atom. The summed E-state index contributed by atoms with van der Waals surface area (Å²) in [7, 11) is 0. The van der Waals surface area contributed by atoms with Crippen LogP contribution in [-0.4, -0.2) is 27.9 Å². The molecule has 2 aromatic carbocycles. The van der Waals surface area contributed by atoms with Crippen molar-refractivity contribution in [1.29, 1.82) is 0 Å². The van der Waals surface area contributed by atoms with E-state index in [1.54, 1.807) is 18.3 Å². The van der Waals surface area contributed by atoms with Crippen molar-refractivity contribution in [1.82, 2.24) is 9.55 Å². The van der Waals surface area contributed by atoms with Gasteiger partial charge in [0.05, 0.1) is 23.6 Å². The number of hydrogen-bond acceptors (Lipinski definition) is 6. The second-order valence-electron chi connectivity index (χ2n) is 6.75. The molecule has 0 spiro atoms. The number of carbonyl (C=O) groups is 1. The molecule has 4 rings (SSSR count). The summed E-state index contributed by atoms with van der Waals surface area (Å²) in [5.41, 5.74) is 1.82. The van der Waals surface area contributed by atoms with Crippen LogP contribution < -0.4 is 5.63 Å². The zero-order valence-electron chi connectivity index (χ0n) is 16.7. The lowest BCUT2D eigenvalue weighted by Crippen LogP contribution is -2.08. The number of imidazole rings is 1. The molecule has 0 aliphatic rings. The fourth-order valence-corrected chi connectivity index (χ4v) is 4.15. The predicted octanol–water partition coefficient (Wildman–Crippen LogP) is 5.30. The van der Waals surface area contributed by atoms with E-state index >= 15 is 0 Å². The Labute approximate surface area is 196 Å². The van der Waals surface area contributed by atoms with Gasteiger partial charge in [-0.1, -0.05) is 36.9 Å². The first-order valence-corrected chi connectivity index (χ1v) is 11.8. The average Bonchev–Trinajstić information content (AvgIpc) is 3.20. The van der Waals surface area contributed by atoms with Crippen molar-refractivity contribution >= 4 is 51.3 Å². The maximum Gasteiger partial charge on any atom is 0.345 e. The van der Waals surface area contributed by atoms with Crippen LogP contribution in [-0.2, 0) is 9.53 Å². The highest BCUT2D eigenvalue weighted by Gasteiger charge is 2.17. The summed E-state index contributed by atoms with van der Waals surface area (Å²) in [5, 5.41) is 1.41. The second kappa shape index (κ2) is 9.69. The zero-order chi connectivity index (χ0) is 21.8.